The highest BCUT2D eigenvalue weighted by atomic mass is 79.9. The summed E-state index contributed by atoms with van der Waals surface area (Å²) in [6, 6.07) is 7.60. The van der Waals surface area contributed by atoms with Crippen LogP contribution in [0.25, 0.3) is 11.0 Å². The van der Waals surface area contributed by atoms with Crippen molar-refractivity contribution >= 4 is 32.8 Å². The Bertz CT molecular complexity index is 443. The molecule has 0 atom stereocenters. The van der Waals surface area contributed by atoms with E-state index in [1.165, 1.54) is 0 Å². The predicted octanol–water partition coefficient (Wildman–Crippen LogP) is 1.68. The molecular weight excluding hydrogens is 232 g/mol. The van der Waals surface area contributed by atoms with Gasteiger partial charge in [0, 0.05) is 0 Å². The molecule has 1 aromatic heterocycles. The number of aromatic nitrogens is 2. The summed E-state index contributed by atoms with van der Waals surface area (Å²) in [5.74, 6) is 5.80. The zero-order valence-corrected chi connectivity index (χ0v) is 8.25. The number of para-hydroxylation sites is 2. The predicted molar refractivity (Wildman–Crippen MR) is 55.0 cm³/mol. The van der Waals surface area contributed by atoms with Crippen molar-refractivity contribution in [2.24, 2.45) is 5.84 Å². The summed E-state index contributed by atoms with van der Waals surface area (Å²) in [4.78, 5) is 8.51. The third-order valence-electron chi connectivity index (χ3n) is 1.66. The van der Waals surface area contributed by atoms with Crippen molar-refractivity contribution in [3.05, 3.63) is 28.9 Å². The van der Waals surface area contributed by atoms with Crippen LogP contribution in [0, 0.1) is 0 Å². The molecule has 0 fully saturated rings. The van der Waals surface area contributed by atoms with Gasteiger partial charge in [0.15, 0.2) is 5.82 Å². The molecule has 2 aromatic rings. The van der Waals surface area contributed by atoms with Gasteiger partial charge in [-0.2, -0.15) is 0 Å². The molecule has 1 aromatic carbocycles. The van der Waals surface area contributed by atoms with Gasteiger partial charge in [-0.25, -0.2) is 15.8 Å². The Balaban J connectivity index is 2.74. The van der Waals surface area contributed by atoms with E-state index >= 15 is 0 Å². The fraction of sp³-hybridized carbons (Fsp3) is 0. The lowest BCUT2D eigenvalue weighted by Gasteiger charge is -2.02. The van der Waals surface area contributed by atoms with Crippen LogP contribution >= 0.6 is 15.9 Å². The van der Waals surface area contributed by atoms with Crippen LogP contribution in [-0.4, -0.2) is 9.97 Å². The smallest absolute Gasteiger partial charge is 0.174 e. The Labute approximate surface area is 83.3 Å². The summed E-state index contributed by atoms with van der Waals surface area (Å²) >= 11 is 3.26. The van der Waals surface area contributed by atoms with Gasteiger partial charge in [-0.15, -0.1) is 0 Å². The molecule has 0 bridgehead atoms. The highest BCUT2D eigenvalue weighted by Crippen LogP contribution is 2.20. The second-order valence-corrected chi connectivity index (χ2v) is 3.25. The molecule has 0 radical (unpaired) electrons. The number of nitrogens with zero attached hydrogens (tertiary/aromatic N) is 2. The summed E-state index contributed by atoms with van der Waals surface area (Å²) < 4.78 is 0.619. The number of fused-ring (bicyclic) bond motifs is 1. The number of anilines is 1. The molecule has 0 saturated carbocycles. The Morgan fingerprint density at radius 3 is 2.38 bits per heavy atom. The molecule has 0 aliphatic heterocycles. The molecule has 0 saturated heterocycles. The van der Waals surface area contributed by atoms with Gasteiger partial charge in [-0.1, -0.05) is 12.1 Å². The molecule has 5 heteroatoms. The Kier molecular flexibility index (Phi) is 2.12. The van der Waals surface area contributed by atoms with Gasteiger partial charge in [0.1, 0.15) is 4.60 Å². The number of benzene rings is 1. The van der Waals surface area contributed by atoms with E-state index in [4.69, 9.17) is 5.84 Å². The SMILES string of the molecule is NNc1nc2ccccc2nc1Br. The van der Waals surface area contributed by atoms with Crippen LogP contribution in [0.5, 0.6) is 0 Å². The molecule has 13 heavy (non-hydrogen) atoms. The maximum Gasteiger partial charge on any atom is 0.174 e. The number of hydrogen-bond donors (Lipinski definition) is 2. The van der Waals surface area contributed by atoms with E-state index in [9.17, 15) is 0 Å². The van der Waals surface area contributed by atoms with E-state index in [2.05, 4.69) is 31.3 Å². The van der Waals surface area contributed by atoms with Crippen LogP contribution in [0.2, 0.25) is 0 Å². The standard InChI is InChI=1S/C8H7BrN4/c9-7-8(13-10)12-6-4-2-1-3-5(6)11-7/h1-4H,10H2,(H,12,13). The van der Waals surface area contributed by atoms with Crippen LogP contribution < -0.4 is 11.3 Å². The van der Waals surface area contributed by atoms with E-state index in [1.807, 2.05) is 24.3 Å². The summed E-state index contributed by atoms with van der Waals surface area (Å²) in [5.41, 5.74) is 4.13. The molecule has 2 rings (SSSR count). The van der Waals surface area contributed by atoms with Crippen molar-refractivity contribution in [3.63, 3.8) is 0 Å². The van der Waals surface area contributed by atoms with Crippen molar-refractivity contribution in [3.8, 4) is 0 Å². The van der Waals surface area contributed by atoms with Crippen molar-refractivity contribution in [2.45, 2.75) is 0 Å². The van der Waals surface area contributed by atoms with Gasteiger partial charge < -0.3 is 5.43 Å². The number of nitrogens with two attached hydrogens (primary N) is 1. The van der Waals surface area contributed by atoms with E-state index in [0.717, 1.165) is 11.0 Å². The molecule has 66 valence electrons. The molecule has 0 unspecified atom stereocenters. The Morgan fingerprint density at radius 2 is 1.77 bits per heavy atom. The number of nitrogen functional groups attached to an aromatic ring is 1. The van der Waals surface area contributed by atoms with Gasteiger partial charge in [-0.3, -0.25) is 0 Å². The summed E-state index contributed by atoms with van der Waals surface area (Å²) in [6.45, 7) is 0. The highest BCUT2D eigenvalue weighted by Gasteiger charge is 2.03. The molecule has 3 N–H and O–H groups in total. The lowest BCUT2D eigenvalue weighted by molar-refractivity contribution is 1.19. The minimum atomic E-state index is 0.540. The van der Waals surface area contributed by atoms with E-state index in [0.29, 0.717) is 10.4 Å². The van der Waals surface area contributed by atoms with Crippen LogP contribution in [-0.2, 0) is 0 Å². The second-order valence-electron chi connectivity index (χ2n) is 2.50. The van der Waals surface area contributed by atoms with Crippen molar-refractivity contribution < 1.29 is 0 Å². The Morgan fingerprint density at radius 1 is 1.15 bits per heavy atom. The summed E-state index contributed by atoms with van der Waals surface area (Å²) in [5, 5.41) is 0. The first-order valence-electron chi connectivity index (χ1n) is 3.70. The van der Waals surface area contributed by atoms with Crippen LogP contribution in [0.4, 0.5) is 5.82 Å². The molecule has 0 spiro atoms. The van der Waals surface area contributed by atoms with E-state index in [1.54, 1.807) is 0 Å². The quantitative estimate of drug-likeness (QED) is 0.587. The number of halogens is 1. The Hall–Kier alpha value is -1.20. The number of rotatable bonds is 1. The first-order chi connectivity index (χ1) is 6.31. The van der Waals surface area contributed by atoms with Gasteiger partial charge in [0.05, 0.1) is 11.0 Å². The van der Waals surface area contributed by atoms with Crippen LogP contribution in [0.3, 0.4) is 0 Å². The maximum atomic E-state index is 5.26. The lowest BCUT2D eigenvalue weighted by Crippen LogP contribution is -2.09. The lowest BCUT2D eigenvalue weighted by atomic mass is 10.3. The molecular formula is C8H7BrN4. The second kappa shape index (κ2) is 3.27. The van der Waals surface area contributed by atoms with Crippen LogP contribution in [0.1, 0.15) is 0 Å². The first-order valence-corrected chi connectivity index (χ1v) is 4.49. The average Bonchev–Trinajstić information content (AvgIpc) is 2.17. The third-order valence-corrected chi connectivity index (χ3v) is 2.22. The average molecular weight is 239 g/mol. The molecule has 0 amide bonds. The number of hydrazine groups is 1. The minimum Gasteiger partial charge on any atom is -0.306 e. The molecule has 0 aliphatic rings. The molecule has 4 nitrogen and oxygen atoms in total. The van der Waals surface area contributed by atoms with Crippen molar-refractivity contribution in [1.82, 2.24) is 9.97 Å². The zero-order chi connectivity index (χ0) is 9.26. The first kappa shape index (κ1) is 8.40. The number of nitrogens with one attached hydrogen (secondary N) is 1. The third kappa shape index (κ3) is 1.48. The van der Waals surface area contributed by atoms with Crippen molar-refractivity contribution in [2.75, 3.05) is 5.43 Å². The summed E-state index contributed by atoms with van der Waals surface area (Å²) in [6.07, 6.45) is 0. The van der Waals surface area contributed by atoms with Gasteiger partial charge >= 0.3 is 0 Å². The fourth-order valence-electron chi connectivity index (χ4n) is 1.07. The molecule has 0 aliphatic carbocycles. The maximum absolute atomic E-state index is 5.26. The van der Waals surface area contributed by atoms with E-state index < -0.39 is 0 Å². The molecule has 1 heterocycles. The van der Waals surface area contributed by atoms with Crippen molar-refractivity contribution in [1.29, 1.82) is 0 Å². The normalized spacial score (nSPS) is 10.3. The summed E-state index contributed by atoms with van der Waals surface area (Å²) in [7, 11) is 0. The zero-order valence-electron chi connectivity index (χ0n) is 6.66. The van der Waals surface area contributed by atoms with Crippen LogP contribution in [0.15, 0.2) is 28.9 Å². The van der Waals surface area contributed by atoms with Gasteiger partial charge in [-0.05, 0) is 28.1 Å². The monoisotopic (exact) mass is 238 g/mol. The number of hydrogen-bond acceptors (Lipinski definition) is 4. The minimum absolute atomic E-state index is 0.540. The van der Waals surface area contributed by atoms with Gasteiger partial charge in [0.2, 0.25) is 0 Å². The van der Waals surface area contributed by atoms with E-state index in [-0.39, 0.29) is 0 Å². The topological polar surface area (TPSA) is 63.8 Å². The van der Waals surface area contributed by atoms with Gasteiger partial charge in [0.25, 0.3) is 0 Å². The fourth-order valence-corrected chi connectivity index (χ4v) is 1.46. The largest absolute Gasteiger partial charge is 0.306 e. The highest BCUT2D eigenvalue weighted by molar-refractivity contribution is 9.10.